The summed E-state index contributed by atoms with van der Waals surface area (Å²) in [5, 5.41) is 2.73. The highest BCUT2D eigenvalue weighted by Crippen LogP contribution is 2.31. The van der Waals surface area contributed by atoms with Crippen molar-refractivity contribution in [2.45, 2.75) is 0 Å². The second-order valence-corrected chi connectivity index (χ2v) is 4.95. The molecular formula is C14H12N4OS. The van der Waals surface area contributed by atoms with Crippen molar-refractivity contribution in [3.8, 4) is 22.0 Å². The lowest BCUT2D eigenvalue weighted by Crippen LogP contribution is -2.01. The molecule has 2 N–H and O–H groups in total. The van der Waals surface area contributed by atoms with Crippen molar-refractivity contribution in [3.05, 3.63) is 41.6 Å². The van der Waals surface area contributed by atoms with Crippen LogP contribution in [0.3, 0.4) is 0 Å². The van der Waals surface area contributed by atoms with E-state index in [0.29, 0.717) is 5.82 Å². The Kier molecular flexibility index (Phi) is 3.30. The molecule has 3 heterocycles. The molecule has 3 aromatic heterocycles. The number of hydrogen-bond acceptors (Lipinski definition) is 6. The molecule has 0 aliphatic carbocycles. The molecule has 20 heavy (non-hydrogen) atoms. The van der Waals surface area contributed by atoms with Crippen LogP contribution in [0.1, 0.15) is 5.56 Å². The number of pyridine rings is 1. The molecule has 0 aliphatic rings. The molecule has 3 aromatic rings. The minimum absolute atomic E-state index is 0.412. The van der Waals surface area contributed by atoms with Crippen molar-refractivity contribution in [1.29, 1.82) is 0 Å². The van der Waals surface area contributed by atoms with Crippen LogP contribution < -0.4 is 5.73 Å². The number of nitrogen functional groups attached to an aromatic ring is 1. The van der Waals surface area contributed by atoms with Gasteiger partial charge in [0.1, 0.15) is 22.3 Å². The number of nitrogens with zero attached hydrogens (tertiary/aromatic N) is 3. The van der Waals surface area contributed by atoms with E-state index in [4.69, 9.17) is 10.2 Å². The van der Waals surface area contributed by atoms with E-state index in [1.807, 2.05) is 23.6 Å². The molecule has 0 aliphatic heterocycles. The van der Waals surface area contributed by atoms with Gasteiger partial charge < -0.3 is 10.2 Å². The molecule has 0 saturated heterocycles. The van der Waals surface area contributed by atoms with E-state index in [2.05, 4.69) is 15.0 Å². The van der Waals surface area contributed by atoms with E-state index in [-0.39, 0.29) is 0 Å². The summed E-state index contributed by atoms with van der Waals surface area (Å²) in [5.41, 5.74) is 8.40. The highest BCUT2D eigenvalue weighted by molar-refractivity contribution is 7.13. The van der Waals surface area contributed by atoms with Crippen LogP contribution in [0.25, 0.3) is 22.0 Å². The first-order chi connectivity index (χ1) is 9.79. The molecule has 0 amide bonds. The van der Waals surface area contributed by atoms with Crippen molar-refractivity contribution in [2.24, 2.45) is 4.99 Å². The first-order valence-corrected chi connectivity index (χ1v) is 6.84. The molecule has 0 atom stereocenters. The quantitative estimate of drug-likeness (QED) is 0.750. The van der Waals surface area contributed by atoms with Gasteiger partial charge in [-0.2, -0.15) is 0 Å². The van der Waals surface area contributed by atoms with Gasteiger partial charge in [-0.15, -0.1) is 11.3 Å². The minimum atomic E-state index is 0.412. The Bertz CT molecular complexity index is 733. The van der Waals surface area contributed by atoms with Gasteiger partial charge >= 0.3 is 0 Å². The predicted molar refractivity (Wildman–Crippen MR) is 81.0 cm³/mol. The Morgan fingerprint density at radius 1 is 1.45 bits per heavy atom. The maximum absolute atomic E-state index is 6.05. The standard InChI is InChI=1S/C14H12N4OS/c1-16-8-10-9(12-3-2-5-19-12)7-11(18-13(10)15)14-17-4-6-20-14/h2-8H,1H3,(H2,15,18). The molecule has 5 nitrogen and oxygen atoms in total. The monoisotopic (exact) mass is 284 g/mol. The summed E-state index contributed by atoms with van der Waals surface area (Å²) in [6.45, 7) is 0. The van der Waals surface area contributed by atoms with Gasteiger partial charge in [0, 0.05) is 36.0 Å². The second kappa shape index (κ2) is 5.26. The van der Waals surface area contributed by atoms with Gasteiger partial charge in [-0.3, -0.25) is 4.99 Å². The SMILES string of the molecule is CN=Cc1c(-c2ccco2)cc(-c2nccs2)nc1N. The highest BCUT2D eigenvalue weighted by Gasteiger charge is 2.14. The minimum Gasteiger partial charge on any atom is -0.464 e. The topological polar surface area (TPSA) is 77.3 Å². The van der Waals surface area contributed by atoms with Crippen molar-refractivity contribution in [2.75, 3.05) is 12.8 Å². The zero-order chi connectivity index (χ0) is 13.9. The number of aromatic nitrogens is 2. The van der Waals surface area contributed by atoms with Crippen molar-refractivity contribution >= 4 is 23.4 Å². The van der Waals surface area contributed by atoms with Crippen molar-refractivity contribution < 1.29 is 4.42 Å². The summed E-state index contributed by atoms with van der Waals surface area (Å²) in [6, 6.07) is 5.64. The lowest BCUT2D eigenvalue weighted by Gasteiger charge is -2.08. The average Bonchev–Trinajstić information content (AvgIpc) is 3.14. The number of rotatable bonds is 3. The van der Waals surface area contributed by atoms with E-state index in [1.165, 1.54) is 11.3 Å². The van der Waals surface area contributed by atoms with Gasteiger partial charge in [-0.1, -0.05) is 0 Å². The van der Waals surface area contributed by atoms with Gasteiger partial charge in [0.05, 0.1) is 6.26 Å². The fourth-order valence-corrected chi connectivity index (χ4v) is 2.53. The number of aliphatic imine (C=N–C) groups is 1. The lowest BCUT2D eigenvalue weighted by molar-refractivity contribution is 0.582. The van der Waals surface area contributed by atoms with E-state index in [1.54, 1.807) is 25.7 Å². The largest absolute Gasteiger partial charge is 0.464 e. The van der Waals surface area contributed by atoms with E-state index in [0.717, 1.165) is 27.6 Å². The van der Waals surface area contributed by atoms with E-state index < -0.39 is 0 Å². The zero-order valence-electron chi connectivity index (χ0n) is 10.8. The maximum atomic E-state index is 6.05. The van der Waals surface area contributed by atoms with Gasteiger partial charge in [0.15, 0.2) is 0 Å². The summed E-state index contributed by atoms with van der Waals surface area (Å²) in [7, 11) is 1.69. The zero-order valence-corrected chi connectivity index (χ0v) is 11.6. The normalized spacial score (nSPS) is 11.2. The molecule has 0 unspecified atom stereocenters. The molecule has 6 heteroatoms. The fourth-order valence-electron chi connectivity index (χ4n) is 1.93. The Morgan fingerprint density at radius 3 is 3.00 bits per heavy atom. The third kappa shape index (κ3) is 2.21. The third-order valence-electron chi connectivity index (χ3n) is 2.78. The van der Waals surface area contributed by atoms with E-state index in [9.17, 15) is 0 Å². The maximum Gasteiger partial charge on any atom is 0.141 e. The van der Waals surface area contributed by atoms with Crippen LogP contribution in [0.15, 0.2) is 45.4 Å². The van der Waals surface area contributed by atoms with Gasteiger partial charge in [-0.25, -0.2) is 9.97 Å². The molecule has 0 radical (unpaired) electrons. The molecule has 0 bridgehead atoms. The Balaban J connectivity index is 2.23. The van der Waals surface area contributed by atoms with Gasteiger partial charge in [0.2, 0.25) is 0 Å². The molecule has 3 rings (SSSR count). The number of nitrogens with two attached hydrogens (primary N) is 1. The Labute approximate surface area is 119 Å². The second-order valence-electron chi connectivity index (χ2n) is 4.06. The van der Waals surface area contributed by atoms with Crippen LogP contribution in [-0.4, -0.2) is 23.2 Å². The molecule has 0 saturated carbocycles. The van der Waals surface area contributed by atoms with Crippen molar-refractivity contribution in [3.63, 3.8) is 0 Å². The predicted octanol–water partition coefficient (Wildman–Crippen LogP) is 3.10. The lowest BCUT2D eigenvalue weighted by atomic mass is 10.1. The van der Waals surface area contributed by atoms with Crippen LogP contribution in [0.5, 0.6) is 0 Å². The summed E-state index contributed by atoms with van der Waals surface area (Å²) >= 11 is 1.52. The average molecular weight is 284 g/mol. The summed E-state index contributed by atoms with van der Waals surface area (Å²) in [4.78, 5) is 12.7. The molecule has 0 aromatic carbocycles. The first kappa shape index (κ1) is 12.6. The summed E-state index contributed by atoms with van der Waals surface area (Å²) in [6.07, 6.45) is 5.06. The summed E-state index contributed by atoms with van der Waals surface area (Å²) in [5.74, 6) is 1.14. The molecule has 0 spiro atoms. The molecule has 0 fully saturated rings. The van der Waals surface area contributed by atoms with Gasteiger partial charge in [0.25, 0.3) is 0 Å². The van der Waals surface area contributed by atoms with Crippen LogP contribution in [-0.2, 0) is 0 Å². The first-order valence-electron chi connectivity index (χ1n) is 5.96. The van der Waals surface area contributed by atoms with E-state index >= 15 is 0 Å². The Hall–Kier alpha value is -2.47. The molecular weight excluding hydrogens is 272 g/mol. The van der Waals surface area contributed by atoms with Crippen LogP contribution in [0.4, 0.5) is 5.82 Å². The smallest absolute Gasteiger partial charge is 0.141 e. The number of anilines is 1. The van der Waals surface area contributed by atoms with Crippen LogP contribution in [0.2, 0.25) is 0 Å². The van der Waals surface area contributed by atoms with Crippen LogP contribution >= 0.6 is 11.3 Å². The van der Waals surface area contributed by atoms with Crippen molar-refractivity contribution in [1.82, 2.24) is 9.97 Å². The molecule has 100 valence electrons. The summed E-state index contributed by atoms with van der Waals surface area (Å²) < 4.78 is 5.47. The number of hydrogen-bond donors (Lipinski definition) is 1. The van der Waals surface area contributed by atoms with Crippen LogP contribution in [0, 0.1) is 0 Å². The fraction of sp³-hybridized carbons (Fsp3) is 0.0714. The third-order valence-corrected chi connectivity index (χ3v) is 3.58. The van der Waals surface area contributed by atoms with Gasteiger partial charge in [-0.05, 0) is 18.2 Å². The Morgan fingerprint density at radius 2 is 2.35 bits per heavy atom. The number of thiazole rings is 1. The number of furan rings is 1. The highest BCUT2D eigenvalue weighted by atomic mass is 32.1.